The summed E-state index contributed by atoms with van der Waals surface area (Å²) >= 11 is 0. The third kappa shape index (κ3) is 16.7. The first-order valence-corrected chi connectivity index (χ1v) is 16.5. The van der Waals surface area contributed by atoms with Gasteiger partial charge >= 0.3 is 0 Å². The molecule has 6 N–H and O–H groups in total. The van der Waals surface area contributed by atoms with Gasteiger partial charge in [0.05, 0.1) is 40.3 Å². The Kier molecular flexibility index (Phi) is 18.1. The van der Waals surface area contributed by atoms with Crippen molar-refractivity contribution in [1.29, 1.82) is 0 Å². The van der Waals surface area contributed by atoms with E-state index < -0.39 is 47.9 Å². The second kappa shape index (κ2) is 20.6. The SMILES string of the molecule is CCCC(CO)NC(=O)[C@H](CCCC[N+](C)(C)C)NC(=O)[C@H](CC(C)C)NC(=O)[C@H](C)NC(=O)[C@H](Cc1ccccc1)NC(C)=O. The molecule has 1 aromatic carbocycles. The van der Waals surface area contributed by atoms with E-state index in [1.54, 1.807) is 0 Å². The second-order valence-electron chi connectivity index (χ2n) is 13.6. The van der Waals surface area contributed by atoms with Gasteiger partial charge in [-0.3, -0.25) is 24.0 Å². The van der Waals surface area contributed by atoms with Crippen molar-refractivity contribution in [2.45, 2.75) is 110 Å². The molecular weight excluding hydrogens is 588 g/mol. The maximum Gasteiger partial charge on any atom is 0.243 e. The van der Waals surface area contributed by atoms with Gasteiger partial charge in [-0.1, -0.05) is 57.5 Å². The largest absolute Gasteiger partial charge is 0.394 e. The minimum Gasteiger partial charge on any atom is -0.394 e. The van der Waals surface area contributed by atoms with Crippen LogP contribution in [-0.4, -0.2) is 104 Å². The quantitative estimate of drug-likeness (QED) is 0.0872. The van der Waals surface area contributed by atoms with Crippen molar-refractivity contribution in [3.05, 3.63) is 35.9 Å². The molecule has 5 amide bonds. The number of benzene rings is 1. The summed E-state index contributed by atoms with van der Waals surface area (Å²) in [5.74, 6) is -2.30. The molecule has 0 spiro atoms. The van der Waals surface area contributed by atoms with Crippen LogP contribution < -0.4 is 26.6 Å². The molecule has 5 atom stereocenters. The number of carbonyl (C=O) groups is 5. The van der Waals surface area contributed by atoms with E-state index in [4.69, 9.17) is 0 Å². The molecule has 0 saturated heterocycles. The number of amides is 5. The van der Waals surface area contributed by atoms with Crippen LogP contribution in [0.2, 0.25) is 0 Å². The van der Waals surface area contributed by atoms with E-state index in [0.717, 1.165) is 29.4 Å². The average Bonchev–Trinajstić information content (AvgIpc) is 2.96. The zero-order valence-corrected chi connectivity index (χ0v) is 29.2. The first kappa shape index (κ1) is 40.5. The Morgan fingerprint density at radius 3 is 1.87 bits per heavy atom. The van der Waals surface area contributed by atoms with Crippen LogP contribution in [-0.2, 0) is 30.4 Å². The molecular formula is C34H59N6O6+. The van der Waals surface area contributed by atoms with E-state index in [0.29, 0.717) is 25.7 Å². The second-order valence-corrected chi connectivity index (χ2v) is 13.6. The molecule has 0 fully saturated rings. The van der Waals surface area contributed by atoms with Gasteiger partial charge in [-0.15, -0.1) is 0 Å². The van der Waals surface area contributed by atoms with Gasteiger partial charge in [0.1, 0.15) is 24.2 Å². The van der Waals surface area contributed by atoms with Crippen LogP contribution in [0, 0.1) is 5.92 Å². The molecule has 12 nitrogen and oxygen atoms in total. The van der Waals surface area contributed by atoms with Gasteiger partial charge in [0.15, 0.2) is 0 Å². The first-order chi connectivity index (χ1) is 21.6. The molecule has 0 radical (unpaired) electrons. The highest BCUT2D eigenvalue weighted by atomic mass is 16.3. The van der Waals surface area contributed by atoms with E-state index in [9.17, 15) is 29.1 Å². The minimum absolute atomic E-state index is 0.0381. The third-order valence-corrected chi connectivity index (χ3v) is 7.48. The van der Waals surface area contributed by atoms with E-state index in [-0.39, 0.29) is 30.8 Å². The Bertz CT molecular complexity index is 1110. The Morgan fingerprint density at radius 1 is 0.739 bits per heavy atom. The van der Waals surface area contributed by atoms with Crippen molar-refractivity contribution in [1.82, 2.24) is 26.6 Å². The number of quaternary nitrogens is 1. The fraction of sp³-hybridized carbons (Fsp3) is 0.676. The van der Waals surface area contributed by atoms with Crippen molar-refractivity contribution < 1.29 is 33.6 Å². The molecule has 1 unspecified atom stereocenters. The topological polar surface area (TPSA) is 166 Å². The van der Waals surface area contributed by atoms with Crippen molar-refractivity contribution >= 4 is 29.5 Å². The number of hydrogen-bond acceptors (Lipinski definition) is 6. The first-order valence-electron chi connectivity index (χ1n) is 16.5. The van der Waals surface area contributed by atoms with Crippen LogP contribution in [0.3, 0.4) is 0 Å². The number of carbonyl (C=O) groups excluding carboxylic acids is 5. The van der Waals surface area contributed by atoms with Crippen LogP contribution in [0.25, 0.3) is 0 Å². The monoisotopic (exact) mass is 647 g/mol. The Hall–Kier alpha value is -3.51. The lowest BCUT2D eigenvalue weighted by molar-refractivity contribution is -0.870. The van der Waals surface area contributed by atoms with Crippen molar-refractivity contribution in [2.24, 2.45) is 5.92 Å². The Balaban J connectivity index is 3.02. The molecule has 0 aliphatic rings. The maximum atomic E-state index is 13.6. The number of hydrogen-bond donors (Lipinski definition) is 6. The predicted octanol–water partition coefficient (Wildman–Crippen LogP) is 1.41. The van der Waals surface area contributed by atoms with Crippen molar-refractivity contribution in [3.63, 3.8) is 0 Å². The smallest absolute Gasteiger partial charge is 0.243 e. The lowest BCUT2D eigenvalue weighted by atomic mass is 10.0. The summed E-state index contributed by atoms with van der Waals surface area (Å²) < 4.78 is 0.779. The molecule has 260 valence electrons. The fourth-order valence-electron chi connectivity index (χ4n) is 5.02. The van der Waals surface area contributed by atoms with Crippen LogP contribution in [0.1, 0.15) is 78.7 Å². The van der Waals surface area contributed by atoms with Crippen molar-refractivity contribution in [2.75, 3.05) is 34.3 Å². The van der Waals surface area contributed by atoms with Crippen LogP contribution in [0.15, 0.2) is 30.3 Å². The van der Waals surface area contributed by atoms with Gasteiger partial charge in [0.25, 0.3) is 0 Å². The minimum atomic E-state index is -1.00. The predicted molar refractivity (Wildman–Crippen MR) is 179 cm³/mol. The van der Waals surface area contributed by atoms with Gasteiger partial charge in [0.2, 0.25) is 29.5 Å². The van der Waals surface area contributed by atoms with E-state index in [2.05, 4.69) is 47.7 Å². The van der Waals surface area contributed by atoms with E-state index >= 15 is 0 Å². The molecule has 12 heteroatoms. The van der Waals surface area contributed by atoms with Gasteiger partial charge < -0.3 is 36.2 Å². The summed E-state index contributed by atoms with van der Waals surface area (Å²) in [4.78, 5) is 65.0. The van der Waals surface area contributed by atoms with Crippen LogP contribution >= 0.6 is 0 Å². The number of nitrogens with zero attached hydrogens (tertiary/aromatic N) is 1. The van der Waals surface area contributed by atoms with Crippen molar-refractivity contribution in [3.8, 4) is 0 Å². The standard InChI is InChI=1S/C34H58N6O6/c1-9-15-27(22-41)37-32(44)28(18-13-14-19-40(6,7)8)38-34(46)29(20-23(2)3)39-31(43)24(4)35-33(45)30(36-25(5)42)21-26-16-11-10-12-17-26/h10-12,16-17,23-24,27-30,41H,9,13-15,18-22H2,1-8H3,(H4-,35,36,37,38,39,42,43,44,45,46)/p+1/t24-,27?,28-,29-,30-/m0/s1. The highest BCUT2D eigenvalue weighted by Gasteiger charge is 2.30. The van der Waals surface area contributed by atoms with E-state index in [1.807, 2.05) is 51.1 Å². The number of aliphatic hydroxyl groups is 1. The summed E-state index contributed by atoms with van der Waals surface area (Å²) in [5.41, 5.74) is 0.846. The zero-order valence-electron chi connectivity index (χ0n) is 29.2. The summed E-state index contributed by atoms with van der Waals surface area (Å²) in [6.45, 7) is 9.34. The summed E-state index contributed by atoms with van der Waals surface area (Å²) in [7, 11) is 6.28. The number of rotatable bonds is 21. The summed E-state index contributed by atoms with van der Waals surface area (Å²) in [5, 5.41) is 23.5. The highest BCUT2D eigenvalue weighted by molar-refractivity contribution is 5.95. The number of unbranched alkanes of at least 4 members (excludes halogenated alkanes) is 1. The molecule has 0 aromatic heterocycles. The lowest BCUT2D eigenvalue weighted by Gasteiger charge is -2.27. The average molecular weight is 648 g/mol. The molecule has 1 rings (SSSR count). The zero-order chi connectivity index (χ0) is 34.9. The third-order valence-electron chi connectivity index (χ3n) is 7.48. The van der Waals surface area contributed by atoms with Gasteiger partial charge in [-0.2, -0.15) is 0 Å². The molecule has 0 heterocycles. The number of nitrogens with one attached hydrogen (secondary N) is 5. The Labute approximate surface area is 275 Å². The molecule has 46 heavy (non-hydrogen) atoms. The van der Waals surface area contributed by atoms with Gasteiger partial charge in [-0.05, 0) is 50.5 Å². The molecule has 0 saturated carbocycles. The molecule has 1 aromatic rings. The van der Waals surface area contributed by atoms with Crippen LogP contribution in [0.5, 0.6) is 0 Å². The fourth-order valence-corrected chi connectivity index (χ4v) is 5.02. The normalized spacial score (nSPS) is 14.7. The van der Waals surface area contributed by atoms with Gasteiger partial charge in [-0.25, -0.2) is 0 Å². The summed E-state index contributed by atoms with van der Waals surface area (Å²) in [6.07, 6.45) is 3.90. The molecule has 0 aliphatic heterocycles. The molecule has 0 bridgehead atoms. The van der Waals surface area contributed by atoms with Crippen LogP contribution in [0.4, 0.5) is 0 Å². The van der Waals surface area contributed by atoms with E-state index in [1.165, 1.54) is 13.8 Å². The lowest BCUT2D eigenvalue weighted by Crippen LogP contribution is -2.58. The Morgan fingerprint density at radius 2 is 1.33 bits per heavy atom. The summed E-state index contributed by atoms with van der Waals surface area (Å²) in [6, 6.07) is 5.12. The maximum absolute atomic E-state index is 13.6. The highest BCUT2D eigenvalue weighted by Crippen LogP contribution is 2.10. The van der Waals surface area contributed by atoms with Gasteiger partial charge in [0, 0.05) is 13.3 Å². The molecule has 0 aliphatic carbocycles. The number of aliphatic hydroxyl groups excluding tert-OH is 1.